The van der Waals surface area contributed by atoms with E-state index in [-0.39, 0.29) is 5.91 Å². The van der Waals surface area contributed by atoms with Crippen LogP contribution < -0.4 is 4.90 Å². The van der Waals surface area contributed by atoms with Gasteiger partial charge in [-0.15, -0.1) is 0 Å². The molecule has 2 heterocycles. The zero-order valence-electron chi connectivity index (χ0n) is 13.1. The first-order valence-corrected chi connectivity index (χ1v) is 8.02. The van der Waals surface area contributed by atoms with Crippen LogP contribution in [0.5, 0.6) is 0 Å². The number of rotatable bonds is 4. The van der Waals surface area contributed by atoms with Gasteiger partial charge >= 0.3 is 0 Å². The average Bonchev–Trinajstić information content (AvgIpc) is 3.17. The molecule has 0 N–H and O–H groups in total. The van der Waals surface area contributed by atoms with Crippen molar-refractivity contribution in [3.05, 3.63) is 30.2 Å². The average molecular weight is 313 g/mol. The number of carbonyl (C=O) groups is 1. The van der Waals surface area contributed by atoms with Crippen LogP contribution in [0.15, 0.2) is 28.8 Å². The first-order chi connectivity index (χ1) is 11.2. The summed E-state index contributed by atoms with van der Waals surface area (Å²) in [5.41, 5.74) is 1.33. The van der Waals surface area contributed by atoms with Gasteiger partial charge in [0.25, 0.3) is 5.89 Å². The van der Waals surface area contributed by atoms with Crippen LogP contribution in [0.25, 0.3) is 11.4 Å². The molecular weight excluding hydrogens is 294 g/mol. The first-order valence-electron chi connectivity index (χ1n) is 8.02. The molecule has 6 nitrogen and oxygen atoms in total. The van der Waals surface area contributed by atoms with E-state index in [1.54, 1.807) is 7.11 Å². The molecule has 1 aliphatic carbocycles. The van der Waals surface area contributed by atoms with E-state index in [0.717, 1.165) is 43.5 Å². The molecule has 0 spiro atoms. The number of ether oxygens (including phenoxy) is 1. The maximum absolute atomic E-state index is 11.9. The Labute approximate surface area is 134 Å². The van der Waals surface area contributed by atoms with E-state index in [1.165, 1.54) is 0 Å². The summed E-state index contributed by atoms with van der Waals surface area (Å²) >= 11 is 0. The van der Waals surface area contributed by atoms with Gasteiger partial charge < -0.3 is 14.2 Å². The molecule has 0 radical (unpaired) electrons. The van der Waals surface area contributed by atoms with Gasteiger partial charge in [0.05, 0.1) is 0 Å². The summed E-state index contributed by atoms with van der Waals surface area (Å²) in [4.78, 5) is 18.2. The number of methoxy groups -OCH3 is 1. The monoisotopic (exact) mass is 313 g/mol. The molecule has 0 unspecified atom stereocenters. The minimum Gasteiger partial charge on any atom is -0.368 e. The van der Waals surface area contributed by atoms with Crippen LogP contribution in [0.2, 0.25) is 0 Å². The van der Waals surface area contributed by atoms with E-state index < -0.39 is 5.60 Å². The Morgan fingerprint density at radius 1 is 1.30 bits per heavy atom. The van der Waals surface area contributed by atoms with E-state index in [2.05, 4.69) is 10.1 Å². The summed E-state index contributed by atoms with van der Waals surface area (Å²) in [5, 5.41) is 4.10. The molecule has 1 saturated carbocycles. The highest BCUT2D eigenvalue weighted by molar-refractivity contribution is 5.95. The largest absolute Gasteiger partial charge is 0.368 e. The molecule has 4 rings (SSSR count). The SMILES string of the molecule is COC1(c2nc(-c3cccc(N4CCCC4=O)c3)no2)CCC1. The van der Waals surface area contributed by atoms with E-state index >= 15 is 0 Å². The molecule has 0 bridgehead atoms. The number of hydrogen-bond acceptors (Lipinski definition) is 5. The van der Waals surface area contributed by atoms with Crippen molar-refractivity contribution >= 4 is 11.6 Å². The third-order valence-corrected chi connectivity index (χ3v) is 4.86. The fourth-order valence-electron chi connectivity index (χ4n) is 3.26. The predicted molar refractivity (Wildman–Crippen MR) is 83.9 cm³/mol. The third kappa shape index (κ3) is 2.34. The van der Waals surface area contributed by atoms with Crippen LogP contribution in [-0.2, 0) is 15.1 Å². The quantitative estimate of drug-likeness (QED) is 0.868. The summed E-state index contributed by atoms with van der Waals surface area (Å²) < 4.78 is 11.0. The van der Waals surface area contributed by atoms with Gasteiger partial charge in [-0.05, 0) is 37.8 Å². The number of nitrogens with zero attached hydrogens (tertiary/aromatic N) is 3. The van der Waals surface area contributed by atoms with Gasteiger partial charge in [-0.2, -0.15) is 4.98 Å². The summed E-state index contributed by atoms with van der Waals surface area (Å²) in [6.45, 7) is 0.770. The molecule has 23 heavy (non-hydrogen) atoms. The minimum atomic E-state index is -0.409. The van der Waals surface area contributed by atoms with Crippen molar-refractivity contribution in [1.82, 2.24) is 10.1 Å². The Kier molecular flexibility index (Phi) is 3.41. The fraction of sp³-hybridized carbons (Fsp3) is 0.471. The lowest BCUT2D eigenvalue weighted by Crippen LogP contribution is -2.36. The van der Waals surface area contributed by atoms with Crippen molar-refractivity contribution in [3.8, 4) is 11.4 Å². The van der Waals surface area contributed by atoms with Crippen LogP contribution in [-0.4, -0.2) is 29.7 Å². The standard InChI is InChI=1S/C17H19N3O3/c1-22-17(8-4-9-17)16-18-15(19-23-16)12-5-2-6-13(11-12)20-10-3-7-14(20)21/h2,5-6,11H,3-4,7-10H2,1H3. The number of benzene rings is 1. The highest BCUT2D eigenvalue weighted by Gasteiger charge is 2.44. The van der Waals surface area contributed by atoms with Crippen LogP contribution in [0.1, 0.15) is 38.0 Å². The third-order valence-electron chi connectivity index (χ3n) is 4.86. The second-order valence-electron chi connectivity index (χ2n) is 6.17. The Balaban J connectivity index is 1.64. The van der Waals surface area contributed by atoms with Gasteiger partial charge in [0.1, 0.15) is 5.60 Å². The summed E-state index contributed by atoms with van der Waals surface area (Å²) in [7, 11) is 1.68. The summed E-state index contributed by atoms with van der Waals surface area (Å²) in [6.07, 6.45) is 4.46. The Hall–Kier alpha value is -2.21. The topological polar surface area (TPSA) is 68.5 Å². The second-order valence-corrected chi connectivity index (χ2v) is 6.17. The van der Waals surface area contributed by atoms with Crippen molar-refractivity contribution in [2.24, 2.45) is 0 Å². The first kappa shape index (κ1) is 14.4. The Bertz CT molecular complexity index is 731. The number of carbonyl (C=O) groups excluding carboxylic acids is 1. The molecule has 2 aromatic rings. The molecule has 1 aromatic heterocycles. The van der Waals surface area contributed by atoms with Gasteiger partial charge in [0.15, 0.2) is 0 Å². The van der Waals surface area contributed by atoms with E-state index in [4.69, 9.17) is 9.26 Å². The molecule has 120 valence electrons. The zero-order valence-corrected chi connectivity index (χ0v) is 13.1. The molecule has 1 aliphatic heterocycles. The fourth-order valence-corrected chi connectivity index (χ4v) is 3.26. The lowest BCUT2D eigenvalue weighted by Gasteiger charge is -2.36. The van der Waals surface area contributed by atoms with E-state index in [1.807, 2.05) is 29.2 Å². The van der Waals surface area contributed by atoms with Crippen molar-refractivity contribution < 1.29 is 14.1 Å². The lowest BCUT2D eigenvalue weighted by atomic mass is 9.80. The molecule has 1 saturated heterocycles. The summed E-state index contributed by atoms with van der Waals surface area (Å²) in [6, 6.07) is 7.73. The van der Waals surface area contributed by atoms with Crippen LogP contribution >= 0.6 is 0 Å². The highest BCUT2D eigenvalue weighted by Crippen LogP contribution is 2.43. The van der Waals surface area contributed by atoms with Gasteiger partial charge in [0, 0.05) is 31.3 Å². The van der Waals surface area contributed by atoms with Crippen molar-refractivity contribution in [1.29, 1.82) is 0 Å². The summed E-state index contributed by atoms with van der Waals surface area (Å²) in [5.74, 6) is 1.25. The molecule has 6 heteroatoms. The predicted octanol–water partition coefficient (Wildman–Crippen LogP) is 2.89. The van der Waals surface area contributed by atoms with Gasteiger partial charge in [0.2, 0.25) is 11.7 Å². The van der Waals surface area contributed by atoms with Crippen molar-refractivity contribution in [3.63, 3.8) is 0 Å². The van der Waals surface area contributed by atoms with Gasteiger partial charge in [-0.3, -0.25) is 4.79 Å². The number of aromatic nitrogens is 2. The maximum atomic E-state index is 11.9. The Morgan fingerprint density at radius 3 is 2.83 bits per heavy atom. The number of anilines is 1. The van der Waals surface area contributed by atoms with Gasteiger partial charge in [-0.25, -0.2) is 0 Å². The minimum absolute atomic E-state index is 0.170. The van der Waals surface area contributed by atoms with Crippen LogP contribution in [0, 0.1) is 0 Å². The molecule has 0 atom stereocenters. The van der Waals surface area contributed by atoms with Crippen molar-refractivity contribution in [2.75, 3.05) is 18.6 Å². The second kappa shape index (κ2) is 5.45. The number of amides is 1. The maximum Gasteiger partial charge on any atom is 0.259 e. The molecule has 2 fully saturated rings. The van der Waals surface area contributed by atoms with Crippen LogP contribution in [0.3, 0.4) is 0 Å². The molecular formula is C17H19N3O3. The zero-order chi connectivity index (χ0) is 15.9. The highest BCUT2D eigenvalue weighted by atomic mass is 16.5. The van der Waals surface area contributed by atoms with Crippen molar-refractivity contribution in [2.45, 2.75) is 37.7 Å². The lowest BCUT2D eigenvalue weighted by molar-refractivity contribution is -0.117. The number of hydrogen-bond donors (Lipinski definition) is 0. The smallest absolute Gasteiger partial charge is 0.259 e. The normalized spacial score (nSPS) is 19.9. The molecule has 1 aromatic carbocycles. The van der Waals surface area contributed by atoms with Crippen LogP contribution in [0.4, 0.5) is 5.69 Å². The van der Waals surface area contributed by atoms with Gasteiger partial charge in [-0.1, -0.05) is 17.3 Å². The molecule has 2 aliphatic rings. The molecule has 1 amide bonds. The van der Waals surface area contributed by atoms with E-state index in [0.29, 0.717) is 18.1 Å². The van der Waals surface area contributed by atoms with E-state index in [9.17, 15) is 4.79 Å². The Morgan fingerprint density at radius 2 is 2.17 bits per heavy atom.